The molecule has 4 aromatic heterocycles. The van der Waals surface area contributed by atoms with Crippen molar-refractivity contribution in [3.63, 3.8) is 0 Å². The standard InChI is InChI=1S/C14H14FN8P/c1-7-19-12-13(22(7)6-11(15)24)20-9(4-17-12)8-2-3-23-10(8)5-18-14(16)21-23/h2-5,11H,6,24H2,1H3,(H2,16,21). The van der Waals surface area contributed by atoms with Crippen molar-refractivity contribution in [3.05, 3.63) is 30.5 Å². The maximum absolute atomic E-state index is 13.4. The molecule has 4 aromatic rings. The van der Waals surface area contributed by atoms with Gasteiger partial charge in [0.25, 0.3) is 0 Å². The Balaban J connectivity index is 1.90. The Labute approximate surface area is 138 Å². The predicted octanol–water partition coefficient (Wildman–Crippen LogP) is 1.60. The summed E-state index contributed by atoms with van der Waals surface area (Å²) in [6.45, 7) is 1.96. The fourth-order valence-corrected chi connectivity index (χ4v) is 2.86. The van der Waals surface area contributed by atoms with Gasteiger partial charge in [-0.15, -0.1) is 5.10 Å². The van der Waals surface area contributed by atoms with Crippen LogP contribution >= 0.6 is 9.24 Å². The molecule has 2 N–H and O–H groups in total. The molecule has 8 nitrogen and oxygen atoms in total. The summed E-state index contributed by atoms with van der Waals surface area (Å²) in [6.07, 6.45) is 5.04. The summed E-state index contributed by atoms with van der Waals surface area (Å²) in [7, 11) is 2.13. The van der Waals surface area contributed by atoms with Crippen molar-refractivity contribution in [1.82, 2.24) is 34.1 Å². The predicted molar refractivity (Wildman–Crippen MR) is 91.1 cm³/mol. The van der Waals surface area contributed by atoms with E-state index in [0.29, 0.717) is 22.8 Å². The molecular weight excluding hydrogens is 330 g/mol. The first kappa shape index (κ1) is 14.9. The first-order valence-corrected chi connectivity index (χ1v) is 7.89. The monoisotopic (exact) mass is 344 g/mol. The molecule has 0 aliphatic rings. The van der Waals surface area contributed by atoms with Gasteiger partial charge in [-0.25, -0.2) is 28.8 Å². The number of imidazole rings is 1. The number of nitrogens with zero attached hydrogens (tertiary/aromatic N) is 7. The van der Waals surface area contributed by atoms with Crippen LogP contribution in [0.25, 0.3) is 28.1 Å². The number of aryl methyl sites for hydroxylation is 1. The second-order valence-electron chi connectivity index (χ2n) is 5.36. The van der Waals surface area contributed by atoms with E-state index in [-0.39, 0.29) is 12.5 Å². The number of hydrogen-bond acceptors (Lipinski definition) is 6. The van der Waals surface area contributed by atoms with Crippen molar-refractivity contribution in [1.29, 1.82) is 0 Å². The summed E-state index contributed by atoms with van der Waals surface area (Å²) in [5.74, 6) is -0.224. The number of fused-ring (bicyclic) bond motifs is 2. The molecule has 0 saturated heterocycles. The summed E-state index contributed by atoms with van der Waals surface area (Å²) in [4.78, 5) is 17.3. The molecular formula is C14H14FN8P. The first-order valence-electron chi connectivity index (χ1n) is 7.22. The van der Waals surface area contributed by atoms with E-state index in [4.69, 9.17) is 5.73 Å². The molecule has 24 heavy (non-hydrogen) atoms. The second kappa shape index (κ2) is 5.45. The largest absolute Gasteiger partial charge is 0.367 e. The van der Waals surface area contributed by atoms with E-state index in [1.807, 2.05) is 6.07 Å². The second-order valence-corrected chi connectivity index (χ2v) is 6.09. The van der Waals surface area contributed by atoms with Crippen LogP contribution in [0.1, 0.15) is 5.82 Å². The van der Waals surface area contributed by atoms with Gasteiger partial charge in [-0.05, 0) is 13.0 Å². The molecule has 0 amide bonds. The van der Waals surface area contributed by atoms with E-state index in [1.54, 1.807) is 34.6 Å². The molecule has 4 rings (SSSR count). The molecule has 0 aliphatic carbocycles. The third-order valence-corrected chi connectivity index (χ3v) is 3.93. The van der Waals surface area contributed by atoms with Crippen LogP contribution < -0.4 is 5.73 Å². The molecule has 2 unspecified atom stereocenters. The zero-order valence-corrected chi connectivity index (χ0v) is 13.9. The Kier molecular flexibility index (Phi) is 3.38. The van der Waals surface area contributed by atoms with Gasteiger partial charge in [0.05, 0.1) is 30.1 Å². The van der Waals surface area contributed by atoms with Crippen LogP contribution in [0.15, 0.2) is 24.7 Å². The number of anilines is 1. The normalized spacial score (nSPS) is 13.0. The van der Waals surface area contributed by atoms with Gasteiger partial charge in [-0.2, -0.15) is 0 Å². The van der Waals surface area contributed by atoms with Crippen LogP contribution in [0.2, 0.25) is 0 Å². The van der Waals surface area contributed by atoms with Crippen LogP contribution in [0.4, 0.5) is 10.3 Å². The van der Waals surface area contributed by atoms with Gasteiger partial charge in [-0.1, -0.05) is 9.24 Å². The highest BCUT2D eigenvalue weighted by atomic mass is 31.0. The molecule has 2 atom stereocenters. The molecule has 4 heterocycles. The van der Waals surface area contributed by atoms with Gasteiger partial charge < -0.3 is 10.3 Å². The number of halogens is 1. The number of alkyl halides is 1. The van der Waals surface area contributed by atoms with E-state index in [2.05, 4.69) is 34.3 Å². The van der Waals surface area contributed by atoms with Gasteiger partial charge >= 0.3 is 0 Å². The molecule has 0 bridgehead atoms. The Bertz CT molecular complexity index is 1050. The molecule has 0 saturated carbocycles. The summed E-state index contributed by atoms with van der Waals surface area (Å²) in [5, 5.41) is 4.11. The number of rotatable bonds is 3. The first-order chi connectivity index (χ1) is 11.5. The lowest BCUT2D eigenvalue weighted by Crippen LogP contribution is -2.08. The van der Waals surface area contributed by atoms with Crippen LogP contribution in [0, 0.1) is 6.92 Å². The molecule has 0 spiro atoms. The zero-order chi connectivity index (χ0) is 16.8. The van der Waals surface area contributed by atoms with Crippen molar-refractivity contribution < 1.29 is 4.39 Å². The number of aromatic nitrogens is 7. The van der Waals surface area contributed by atoms with Crippen molar-refractivity contribution in [3.8, 4) is 11.3 Å². The third kappa shape index (κ3) is 2.37. The van der Waals surface area contributed by atoms with E-state index >= 15 is 0 Å². The Morgan fingerprint density at radius 3 is 2.92 bits per heavy atom. The van der Waals surface area contributed by atoms with Crippen LogP contribution in [0.5, 0.6) is 0 Å². The third-order valence-electron chi connectivity index (χ3n) is 3.72. The van der Waals surface area contributed by atoms with Gasteiger partial charge in [0, 0.05) is 11.8 Å². The number of hydrogen-bond donors (Lipinski definition) is 1. The Morgan fingerprint density at radius 2 is 2.12 bits per heavy atom. The SMILES string of the molecule is Cc1nc2ncc(-c3ccn4nc(N)ncc34)nc2n1CC(F)P. The molecule has 0 aromatic carbocycles. The van der Waals surface area contributed by atoms with E-state index in [9.17, 15) is 4.39 Å². The lowest BCUT2D eigenvalue weighted by molar-refractivity contribution is 0.404. The summed E-state index contributed by atoms with van der Waals surface area (Å²) >= 11 is 0. The highest BCUT2D eigenvalue weighted by Gasteiger charge is 2.15. The number of nitrogens with two attached hydrogens (primary N) is 1. The van der Waals surface area contributed by atoms with Crippen LogP contribution in [-0.4, -0.2) is 40.0 Å². The minimum atomic E-state index is -1.08. The van der Waals surface area contributed by atoms with E-state index in [1.165, 1.54) is 0 Å². The maximum atomic E-state index is 13.4. The van der Waals surface area contributed by atoms with E-state index < -0.39 is 5.91 Å². The van der Waals surface area contributed by atoms with Gasteiger partial charge in [0.15, 0.2) is 11.3 Å². The highest BCUT2D eigenvalue weighted by Crippen LogP contribution is 2.25. The Hall–Kier alpha value is -2.67. The molecule has 122 valence electrons. The number of nitrogen functional groups attached to an aromatic ring is 1. The summed E-state index contributed by atoms with van der Waals surface area (Å²) in [5.41, 5.74) is 8.85. The van der Waals surface area contributed by atoms with Gasteiger partial charge in [-0.3, -0.25) is 0 Å². The average Bonchev–Trinajstić information content (AvgIpc) is 3.08. The lowest BCUT2D eigenvalue weighted by Gasteiger charge is -2.07. The fraction of sp³-hybridized carbons (Fsp3) is 0.214. The van der Waals surface area contributed by atoms with Crippen molar-refractivity contribution in [2.45, 2.75) is 19.4 Å². The quantitative estimate of drug-likeness (QED) is 0.567. The fourth-order valence-electron chi connectivity index (χ4n) is 2.65. The molecule has 0 fully saturated rings. The average molecular weight is 344 g/mol. The minimum absolute atomic E-state index is 0.154. The van der Waals surface area contributed by atoms with E-state index in [0.717, 1.165) is 11.1 Å². The Morgan fingerprint density at radius 1 is 1.29 bits per heavy atom. The summed E-state index contributed by atoms with van der Waals surface area (Å²) < 4.78 is 16.8. The molecule has 0 radical (unpaired) electrons. The topological polar surface area (TPSA) is 99.8 Å². The van der Waals surface area contributed by atoms with Gasteiger partial charge in [0.1, 0.15) is 11.7 Å². The van der Waals surface area contributed by atoms with Crippen molar-refractivity contribution >= 4 is 32.0 Å². The highest BCUT2D eigenvalue weighted by molar-refractivity contribution is 7.17. The molecule has 10 heteroatoms. The van der Waals surface area contributed by atoms with Gasteiger partial charge in [0.2, 0.25) is 5.95 Å². The van der Waals surface area contributed by atoms with Crippen molar-refractivity contribution in [2.24, 2.45) is 0 Å². The van der Waals surface area contributed by atoms with Crippen molar-refractivity contribution in [2.75, 3.05) is 5.73 Å². The smallest absolute Gasteiger partial charge is 0.238 e. The minimum Gasteiger partial charge on any atom is -0.367 e. The zero-order valence-electron chi connectivity index (χ0n) is 12.8. The lowest BCUT2D eigenvalue weighted by atomic mass is 10.2. The van der Waals surface area contributed by atoms with Crippen LogP contribution in [-0.2, 0) is 6.54 Å². The maximum Gasteiger partial charge on any atom is 0.238 e. The molecule has 0 aliphatic heterocycles. The summed E-state index contributed by atoms with van der Waals surface area (Å²) in [6, 6.07) is 1.86. The van der Waals surface area contributed by atoms with Crippen LogP contribution in [0.3, 0.4) is 0 Å².